The van der Waals surface area contributed by atoms with Gasteiger partial charge < -0.3 is 10.6 Å². The Bertz CT molecular complexity index is 649. The van der Waals surface area contributed by atoms with Crippen LogP contribution in [0.4, 0.5) is 10.1 Å². The van der Waals surface area contributed by atoms with Gasteiger partial charge >= 0.3 is 0 Å². The normalized spacial score (nSPS) is 11.7. The van der Waals surface area contributed by atoms with E-state index in [1.165, 1.54) is 6.07 Å². The fourth-order valence-electron chi connectivity index (χ4n) is 2.24. The molecule has 1 atom stereocenters. The molecule has 0 spiro atoms. The van der Waals surface area contributed by atoms with Crippen molar-refractivity contribution in [1.82, 2.24) is 4.98 Å². The van der Waals surface area contributed by atoms with E-state index in [-0.39, 0.29) is 11.9 Å². The second kappa shape index (κ2) is 7.53. The SMILES string of the molecule is CC(N)c1ccc(N(CCC#N)Cc2cccnc2)c(F)c1. The maximum Gasteiger partial charge on any atom is 0.146 e. The number of nitriles is 1. The molecule has 0 fully saturated rings. The summed E-state index contributed by atoms with van der Waals surface area (Å²) >= 11 is 0. The smallest absolute Gasteiger partial charge is 0.146 e. The monoisotopic (exact) mass is 298 g/mol. The lowest BCUT2D eigenvalue weighted by Gasteiger charge is -2.25. The molecule has 1 heterocycles. The predicted octanol–water partition coefficient (Wildman–Crippen LogP) is 3.16. The Labute approximate surface area is 130 Å². The zero-order valence-corrected chi connectivity index (χ0v) is 12.5. The molecule has 1 unspecified atom stereocenters. The van der Waals surface area contributed by atoms with Gasteiger partial charge in [0.15, 0.2) is 0 Å². The van der Waals surface area contributed by atoms with Gasteiger partial charge in [-0.15, -0.1) is 0 Å². The summed E-state index contributed by atoms with van der Waals surface area (Å²) < 4.78 is 14.4. The molecule has 0 bridgehead atoms. The number of benzene rings is 1. The van der Waals surface area contributed by atoms with E-state index in [0.29, 0.717) is 25.2 Å². The zero-order chi connectivity index (χ0) is 15.9. The Morgan fingerprint density at radius 2 is 2.23 bits per heavy atom. The van der Waals surface area contributed by atoms with Gasteiger partial charge in [0, 0.05) is 31.5 Å². The number of rotatable bonds is 6. The van der Waals surface area contributed by atoms with Gasteiger partial charge in [0.05, 0.1) is 18.2 Å². The molecule has 1 aromatic carbocycles. The Balaban J connectivity index is 2.27. The summed E-state index contributed by atoms with van der Waals surface area (Å²) in [6.07, 6.45) is 3.77. The van der Waals surface area contributed by atoms with Gasteiger partial charge in [-0.2, -0.15) is 5.26 Å². The second-order valence-corrected chi connectivity index (χ2v) is 5.19. The lowest BCUT2D eigenvalue weighted by Crippen LogP contribution is -2.25. The number of hydrogen-bond donors (Lipinski definition) is 1. The van der Waals surface area contributed by atoms with Crippen LogP contribution < -0.4 is 10.6 Å². The van der Waals surface area contributed by atoms with E-state index in [2.05, 4.69) is 11.1 Å². The first kappa shape index (κ1) is 15.9. The molecule has 114 valence electrons. The van der Waals surface area contributed by atoms with Crippen LogP contribution in [0.1, 0.15) is 30.5 Å². The van der Waals surface area contributed by atoms with Crippen molar-refractivity contribution < 1.29 is 4.39 Å². The third kappa shape index (κ3) is 4.03. The Hall–Kier alpha value is -2.45. The Morgan fingerprint density at radius 1 is 1.41 bits per heavy atom. The first-order chi connectivity index (χ1) is 10.6. The highest BCUT2D eigenvalue weighted by Crippen LogP contribution is 2.24. The number of anilines is 1. The molecule has 0 aliphatic heterocycles. The number of halogens is 1. The van der Waals surface area contributed by atoms with Crippen LogP contribution in [0.15, 0.2) is 42.7 Å². The lowest BCUT2D eigenvalue weighted by molar-refractivity contribution is 0.611. The van der Waals surface area contributed by atoms with Crippen LogP contribution in [0.2, 0.25) is 0 Å². The minimum atomic E-state index is -0.323. The topological polar surface area (TPSA) is 65.9 Å². The fraction of sp³-hybridized carbons (Fsp3) is 0.294. The average Bonchev–Trinajstić information content (AvgIpc) is 2.52. The molecule has 0 radical (unpaired) electrons. The van der Waals surface area contributed by atoms with Crippen LogP contribution in [0, 0.1) is 17.1 Å². The predicted molar refractivity (Wildman–Crippen MR) is 84.5 cm³/mol. The molecule has 4 nitrogen and oxygen atoms in total. The molecule has 5 heteroatoms. The molecule has 2 aromatic rings. The van der Waals surface area contributed by atoms with Crippen molar-refractivity contribution >= 4 is 5.69 Å². The largest absolute Gasteiger partial charge is 0.364 e. The summed E-state index contributed by atoms with van der Waals surface area (Å²) in [5, 5.41) is 8.82. The first-order valence-electron chi connectivity index (χ1n) is 7.17. The van der Waals surface area contributed by atoms with E-state index in [4.69, 9.17) is 11.0 Å². The Morgan fingerprint density at radius 3 is 2.82 bits per heavy atom. The van der Waals surface area contributed by atoms with Crippen molar-refractivity contribution in [3.63, 3.8) is 0 Å². The average molecular weight is 298 g/mol. The second-order valence-electron chi connectivity index (χ2n) is 5.19. The van der Waals surface area contributed by atoms with Crippen LogP contribution in [0.5, 0.6) is 0 Å². The van der Waals surface area contributed by atoms with E-state index in [1.807, 2.05) is 30.0 Å². The van der Waals surface area contributed by atoms with E-state index in [1.54, 1.807) is 18.5 Å². The van der Waals surface area contributed by atoms with Gasteiger partial charge in [0.25, 0.3) is 0 Å². The lowest BCUT2D eigenvalue weighted by atomic mass is 10.1. The molecule has 0 saturated carbocycles. The maximum absolute atomic E-state index is 14.4. The van der Waals surface area contributed by atoms with E-state index in [9.17, 15) is 4.39 Å². The first-order valence-corrected chi connectivity index (χ1v) is 7.17. The summed E-state index contributed by atoms with van der Waals surface area (Å²) in [4.78, 5) is 5.92. The third-order valence-corrected chi connectivity index (χ3v) is 3.43. The van der Waals surface area contributed by atoms with Gasteiger partial charge in [-0.25, -0.2) is 4.39 Å². The number of nitrogens with two attached hydrogens (primary N) is 1. The van der Waals surface area contributed by atoms with Gasteiger partial charge in [0.2, 0.25) is 0 Å². The molecule has 1 aromatic heterocycles. The van der Waals surface area contributed by atoms with Crippen molar-refractivity contribution in [3.05, 3.63) is 59.7 Å². The van der Waals surface area contributed by atoms with Crippen molar-refractivity contribution in [2.75, 3.05) is 11.4 Å². The van der Waals surface area contributed by atoms with Gasteiger partial charge in [-0.3, -0.25) is 4.98 Å². The van der Waals surface area contributed by atoms with E-state index >= 15 is 0 Å². The summed E-state index contributed by atoms with van der Waals surface area (Å²) in [5.74, 6) is -0.323. The standard InChI is InChI=1S/C17H19FN4/c1-13(20)15-5-6-17(16(18)10-15)22(9-3-7-19)12-14-4-2-8-21-11-14/h2,4-6,8,10-11,13H,3,9,12,20H2,1H3. The molecule has 0 aliphatic carbocycles. The molecule has 2 N–H and O–H groups in total. The fourth-order valence-corrected chi connectivity index (χ4v) is 2.24. The van der Waals surface area contributed by atoms with Crippen LogP contribution in [0.25, 0.3) is 0 Å². The number of aromatic nitrogens is 1. The maximum atomic E-state index is 14.4. The molecular formula is C17H19FN4. The highest BCUT2D eigenvalue weighted by Gasteiger charge is 2.14. The number of nitrogens with zero attached hydrogens (tertiary/aromatic N) is 3. The quantitative estimate of drug-likeness (QED) is 0.889. The highest BCUT2D eigenvalue weighted by molar-refractivity contribution is 5.50. The summed E-state index contributed by atoms with van der Waals surface area (Å²) in [7, 11) is 0. The number of hydrogen-bond acceptors (Lipinski definition) is 4. The van der Waals surface area contributed by atoms with Gasteiger partial charge in [-0.1, -0.05) is 12.1 Å². The van der Waals surface area contributed by atoms with E-state index < -0.39 is 0 Å². The minimum Gasteiger partial charge on any atom is -0.364 e. The zero-order valence-electron chi connectivity index (χ0n) is 12.5. The highest BCUT2D eigenvalue weighted by atomic mass is 19.1. The molecular weight excluding hydrogens is 279 g/mol. The molecule has 0 aliphatic rings. The Kier molecular flexibility index (Phi) is 5.45. The number of pyridine rings is 1. The summed E-state index contributed by atoms with van der Waals surface area (Å²) in [6, 6.07) is 10.7. The van der Waals surface area contributed by atoms with Crippen molar-refractivity contribution in [2.45, 2.75) is 25.9 Å². The van der Waals surface area contributed by atoms with Crippen LogP contribution >= 0.6 is 0 Å². The van der Waals surface area contributed by atoms with Crippen LogP contribution in [-0.2, 0) is 6.54 Å². The summed E-state index contributed by atoms with van der Waals surface area (Å²) in [5.41, 5.74) is 7.98. The van der Waals surface area contributed by atoms with Crippen molar-refractivity contribution in [2.24, 2.45) is 5.73 Å². The van der Waals surface area contributed by atoms with Gasteiger partial charge in [-0.05, 0) is 36.2 Å². The molecule has 0 amide bonds. The van der Waals surface area contributed by atoms with Crippen molar-refractivity contribution in [3.8, 4) is 6.07 Å². The van der Waals surface area contributed by atoms with E-state index in [0.717, 1.165) is 11.1 Å². The van der Waals surface area contributed by atoms with Gasteiger partial charge in [0.1, 0.15) is 5.82 Å². The summed E-state index contributed by atoms with van der Waals surface area (Å²) in [6.45, 7) is 2.78. The third-order valence-electron chi connectivity index (χ3n) is 3.43. The minimum absolute atomic E-state index is 0.213. The molecule has 22 heavy (non-hydrogen) atoms. The van der Waals surface area contributed by atoms with Crippen LogP contribution in [-0.4, -0.2) is 11.5 Å². The van der Waals surface area contributed by atoms with Crippen LogP contribution in [0.3, 0.4) is 0 Å². The molecule has 0 saturated heterocycles. The van der Waals surface area contributed by atoms with Crippen molar-refractivity contribution in [1.29, 1.82) is 5.26 Å². The molecule has 2 rings (SSSR count).